The van der Waals surface area contributed by atoms with Gasteiger partial charge in [0.2, 0.25) is 11.8 Å². The molecule has 0 unspecified atom stereocenters. The number of carbonyl (C=O) groups is 1. The minimum atomic E-state index is -5.09. The number of aliphatic hydroxyl groups is 1. The number of amidine groups is 1. The number of carbonyl (C=O) groups excluding carboxylic acids is 1. The van der Waals surface area contributed by atoms with Gasteiger partial charge in [0, 0.05) is 25.2 Å². The van der Waals surface area contributed by atoms with Gasteiger partial charge in [-0.3, -0.25) is 4.79 Å². The van der Waals surface area contributed by atoms with Crippen molar-refractivity contribution in [1.82, 2.24) is 9.80 Å². The number of para-hydroxylation sites is 1. The second kappa shape index (κ2) is 8.06. The third-order valence-electron chi connectivity index (χ3n) is 4.56. The SMILES string of the molecule is C[C@@H]1CN(C(=O)[C@@](C)(O)C(F)(F)F)[C@@H](C)CN1C(=NC#N)Oc1ccccc1. The van der Waals surface area contributed by atoms with Crippen LogP contribution in [0.25, 0.3) is 0 Å². The molecule has 0 aliphatic carbocycles. The molecule has 0 aromatic heterocycles. The first-order valence-corrected chi connectivity index (χ1v) is 8.55. The van der Waals surface area contributed by atoms with E-state index in [4.69, 9.17) is 10.00 Å². The lowest BCUT2D eigenvalue weighted by Crippen LogP contribution is -2.65. The monoisotopic (exact) mass is 398 g/mol. The highest BCUT2D eigenvalue weighted by Crippen LogP contribution is 2.33. The fraction of sp³-hybridized carbons (Fsp3) is 0.500. The van der Waals surface area contributed by atoms with Crippen LogP contribution in [-0.4, -0.2) is 63.8 Å². The molecule has 7 nitrogen and oxygen atoms in total. The van der Waals surface area contributed by atoms with E-state index >= 15 is 0 Å². The molecule has 1 saturated heterocycles. The summed E-state index contributed by atoms with van der Waals surface area (Å²) < 4.78 is 44.7. The Bertz CT molecular complexity index is 775. The molecule has 0 bridgehead atoms. The van der Waals surface area contributed by atoms with E-state index in [2.05, 4.69) is 4.99 Å². The first kappa shape index (κ1) is 21.5. The molecule has 2 rings (SSSR count). The molecule has 1 heterocycles. The maximum absolute atomic E-state index is 13.0. The topological polar surface area (TPSA) is 89.2 Å². The molecule has 10 heteroatoms. The van der Waals surface area contributed by atoms with Crippen molar-refractivity contribution in [3.63, 3.8) is 0 Å². The summed E-state index contributed by atoms with van der Waals surface area (Å²) in [5.41, 5.74) is -3.48. The van der Waals surface area contributed by atoms with Crippen molar-refractivity contribution >= 4 is 11.9 Å². The van der Waals surface area contributed by atoms with Crippen LogP contribution >= 0.6 is 0 Å². The van der Waals surface area contributed by atoms with Crippen LogP contribution in [0, 0.1) is 11.5 Å². The van der Waals surface area contributed by atoms with E-state index in [1.165, 1.54) is 0 Å². The van der Waals surface area contributed by atoms with Gasteiger partial charge in [0.05, 0.1) is 0 Å². The number of nitriles is 1. The van der Waals surface area contributed by atoms with Crippen molar-refractivity contribution < 1.29 is 27.8 Å². The number of benzene rings is 1. The number of hydrogen-bond donors (Lipinski definition) is 1. The van der Waals surface area contributed by atoms with Gasteiger partial charge in [0.1, 0.15) is 5.75 Å². The van der Waals surface area contributed by atoms with Gasteiger partial charge in [0.25, 0.3) is 5.91 Å². The summed E-state index contributed by atoms with van der Waals surface area (Å²) in [6.07, 6.45) is -3.44. The molecular formula is C18H21F3N4O3. The number of amides is 1. The predicted octanol–water partition coefficient (Wildman–Crippen LogP) is 2.14. The summed E-state index contributed by atoms with van der Waals surface area (Å²) in [7, 11) is 0. The highest BCUT2D eigenvalue weighted by Gasteiger charge is 2.58. The lowest BCUT2D eigenvalue weighted by Gasteiger charge is -2.46. The molecule has 1 aliphatic heterocycles. The van der Waals surface area contributed by atoms with E-state index < -0.39 is 29.8 Å². The van der Waals surface area contributed by atoms with Crippen molar-refractivity contribution in [2.75, 3.05) is 13.1 Å². The van der Waals surface area contributed by atoms with Gasteiger partial charge < -0.3 is 19.6 Å². The van der Waals surface area contributed by atoms with Crippen molar-refractivity contribution in [3.8, 4) is 11.9 Å². The molecule has 152 valence electrons. The van der Waals surface area contributed by atoms with Crippen LogP contribution in [0.15, 0.2) is 35.3 Å². The summed E-state index contributed by atoms with van der Waals surface area (Å²) in [6.45, 7) is 3.63. The maximum atomic E-state index is 13.0. The lowest BCUT2D eigenvalue weighted by molar-refractivity contribution is -0.251. The van der Waals surface area contributed by atoms with E-state index in [-0.39, 0.29) is 19.1 Å². The van der Waals surface area contributed by atoms with Gasteiger partial charge >= 0.3 is 12.2 Å². The normalized spacial score (nSPS) is 23.0. The molecule has 1 aromatic carbocycles. The fourth-order valence-electron chi connectivity index (χ4n) is 2.86. The first-order valence-electron chi connectivity index (χ1n) is 8.55. The van der Waals surface area contributed by atoms with Gasteiger partial charge in [-0.25, -0.2) is 0 Å². The average molecular weight is 398 g/mol. The number of hydrogen-bond acceptors (Lipinski definition) is 5. The number of rotatable bonds is 2. The first-order chi connectivity index (χ1) is 13.0. The lowest BCUT2D eigenvalue weighted by atomic mass is 10.0. The highest BCUT2D eigenvalue weighted by molar-refractivity contribution is 5.86. The van der Waals surface area contributed by atoms with Crippen molar-refractivity contribution in [2.45, 2.75) is 44.6 Å². The van der Waals surface area contributed by atoms with Gasteiger partial charge in [-0.2, -0.15) is 18.4 Å². The molecule has 1 amide bonds. The number of halogens is 3. The molecule has 0 saturated carbocycles. The van der Waals surface area contributed by atoms with E-state index in [1.807, 2.05) is 0 Å². The van der Waals surface area contributed by atoms with Crippen molar-refractivity contribution in [3.05, 3.63) is 30.3 Å². The number of alkyl halides is 3. The largest absolute Gasteiger partial charge is 0.426 e. The molecule has 0 spiro atoms. The Kier molecular flexibility index (Phi) is 6.19. The quantitative estimate of drug-likeness (QED) is 0.468. The molecular weight excluding hydrogens is 377 g/mol. The standard InChI is InChI=1S/C18H21F3N4O3/c1-12-10-25(16(23-11-22)28-14-7-5-4-6-8-14)13(2)9-24(12)15(26)17(3,27)18(19,20)21/h4-8,12-13,27H,9-10H2,1-3H3/t12-,13+,17+/m0/s1. The molecule has 1 fully saturated rings. The highest BCUT2D eigenvalue weighted by atomic mass is 19.4. The van der Waals surface area contributed by atoms with Gasteiger partial charge in [0.15, 0.2) is 0 Å². The van der Waals surface area contributed by atoms with Crippen LogP contribution in [0.1, 0.15) is 20.8 Å². The summed E-state index contributed by atoms with van der Waals surface area (Å²) >= 11 is 0. The van der Waals surface area contributed by atoms with E-state index in [0.717, 1.165) is 4.90 Å². The van der Waals surface area contributed by atoms with E-state index in [1.54, 1.807) is 55.3 Å². The number of aliphatic imine (C=N–C) groups is 1. The van der Waals surface area contributed by atoms with Crippen LogP contribution in [0.4, 0.5) is 13.2 Å². The second-order valence-corrected chi connectivity index (χ2v) is 6.79. The second-order valence-electron chi connectivity index (χ2n) is 6.79. The summed E-state index contributed by atoms with van der Waals surface area (Å²) in [4.78, 5) is 18.6. The van der Waals surface area contributed by atoms with Crippen LogP contribution in [-0.2, 0) is 4.79 Å². The molecule has 28 heavy (non-hydrogen) atoms. The molecule has 1 N–H and O–H groups in total. The summed E-state index contributed by atoms with van der Waals surface area (Å²) in [6, 6.07) is 7.41. The number of nitrogens with zero attached hydrogens (tertiary/aromatic N) is 4. The zero-order valence-corrected chi connectivity index (χ0v) is 15.6. The zero-order chi connectivity index (χ0) is 21.1. The van der Waals surface area contributed by atoms with E-state index in [0.29, 0.717) is 12.7 Å². The number of piperazine rings is 1. The van der Waals surface area contributed by atoms with Gasteiger partial charge in [-0.1, -0.05) is 18.2 Å². The van der Waals surface area contributed by atoms with E-state index in [9.17, 15) is 23.1 Å². The smallest absolute Gasteiger partial charge is 0.425 e. The third-order valence-corrected chi connectivity index (χ3v) is 4.56. The molecule has 3 atom stereocenters. The minimum Gasteiger partial charge on any atom is -0.425 e. The fourth-order valence-corrected chi connectivity index (χ4v) is 2.86. The summed E-state index contributed by atoms with van der Waals surface area (Å²) in [5.74, 6) is -0.975. The Morgan fingerprint density at radius 1 is 1.21 bits per heavy atom. The van der Waals surface area contributed by atoms with Gasteiger partial charge in [-0.05, 0) is 32.9 Å². The number of ether oxygens (including phenoxy) is 1. The predicted molar refractivity (Wildman–Crippen MR) is 94.1 cm³/mol. The summed E-state index contributed by atoms with van der Waals surface area (Å²) in [5, 5.41) is 18.7. The Morgan fingerprint density at radius 3 is 2.29 bits per heavy atom. The van der Waals surface area contributed by atoms with Crippen LogP contribution in [0.5, 0.6) is 5.75 Å². The molecule has 1 aromatic rings. The Hall–Kier alpha value is -2.80. The Balaban J connectivity index is 2.21. The Morgan fingerprint density at radius 2 is 1.75 bits per heavy atom. The average Bonchev–Trinajstić information content (AvgIpc) is 2.62. The van der Waals surface area contributed by atoms with Crippen LogP contribution in [0.2, 0.25) is 0 Å². The van der Waals surface area contributed by atoms with Gasteiger partial charge in [-0.15, -0.1) is 4.99 Å². The third kappa shape index (κ3) is 4.36. The van der Waals surface area contributed by atoms with Crippen molar-refractivity contribution in [1.29, 1.82) is 5.26 Å². The Labute approximate surface area is 160 Å². The molecule has 1 aliphatic rings. The van der Waals surface area contributed by atoms with Crippen LogP contribution < -0.4 is 4.74 Å². The van der Waals surface area contributed by atoms with Crippen molar-refractivity contribution in [2.24, 2.45) is 4.99 Å². The van der Waals surface area contributed by atoms with Crippen LogP contribution in [0.3, 0.4) is 0 Å². The maximum Gasteiger partial charge on any atom is 0.426 e. The molecule has 0 radical (unpaired) electrons. The minimum absolute atomic E-state index is 0.0114. The zero-order valence-electron chi connectivity index (χ0n) is 15.6.